The first-order chi connectivity index (χ1) is 15.1. The fourth-order valence-corrected chi connectivity index (χ4v) is 4.33. The van der Waals surface area contributed by atoms with Crippen molar-refractivity contribution in [1.29, 1.82) is 0 Å². The summed E-state index contributed by atoms with van der Waals surface area (Å²) in [5, 5.41) is 11.2. The van der Waals surface area contributed by atoms with Gasteiger partial charge < -0.3 is 15.6 Å². The van der Waals surface area contributed by atoms with E-state index in [9.17, 15) is 9.90 Å². The van der Waals surface area contributed by atoms with E-state index in [1.807, 2.05) is 6.20 Å². The molecule has 1 aliphatic rings. The van der Waals surface area contributed by atoms with Crippen LogP contribution in [0.25, 0.3) is 0 Å². The van der Waals surface area contributed by atoms with Crippen molar-refractivity contribution in [1.82, 2.24) is 0 Å². The zero-order valence-corrected chi connectivity index (χ0v) is 20.0. The van der Waals surface area contributed by atoms with Crippen LogP contribution >= 0.6 is 0 Å². The van der Waals surface area contributed by atoms with E-state index in [1.54, 1.807) is 6.20 Å². The summed E-state index contributed by atoms with van der Waals surface area (Å²) < 4.78 is 0.244. The molecule has 1 atom stereocenters. The maximum absolute atomic E-state index is 11.2. The first-order valence-corrected chi connectivity index (χ1v) is 12.8. The average molecular weight is 434 g/mol. The van der Waals surface area contributed by atoms with Gasteiger partial charge in [0.1, 0.15) is 19.3 Å². The number of nitrogens with zero attached hydrogens (tertiary/aromatic N) is 2. The summed E-state index contributed by atoms with van der Waals surface area (Å²) in [5.41, 5.74) is 5.71. The van der Waals surface area contributed by atoms with E-state index >= 15 is 0 Å². The Kier molecular flexibility index (Phi) is 16.1. The number of hydrogen-bond donors (Lipinski definition) is 1. The van der Waals surface area contributed by atoms with Crippen LogP contribution in [-0.2, 0) is 4.79 Å². The van der Waals surface area contributed by atoms with Crippen LogP contribution in [0.1, 0.15) is 110 Å². The molecule has 1 heterocycles. The molecular weight excluding hydrogens is 386 g/mol. The molecular formula is C26H47N3O2. The molecule has 178 valence electrons. The Morgan fingerprint density at radius 2 is 1.48 bits per heavy atom. The van der Waals surface area contributed by atoms with Crippen molar-refractivity contribution in [2.45, 2.75) is 110 Å². The molecule has 0 bridgehead atoms. The van der Waals surface area contributed by atoms with Gasteiger partial charge in [0.15, 0.2) is 0 Å². The van der Waals surface area contributed by atoms with Gasteiger partial charge in [0, 0.05) is 13.0 Å². The highest BCUT2D eigenvalue weighted by atomic mass is 16.4. The molecule has 0 aromatic carbocycles. The highest BCUT2D eigenvalue weighted by molar-refractivity contribution is 5.80. The Morgan fingerprint density at radius 1 is 0.935 bits per heavy atom. The minimum atomic E-state index is -1.05. The number of carbonyl (C=O) groups excluding carboxylic acids is 1. The normalized spacial score (nSPS) is 18.2. The molecule has 1 unspecified atom stereocenters. The summed E-state index contributed by atoms with van der Waals surface area (Å²) in [6, 6.07) is 0. The second kappa shape index (κ2) is 18.1. The number of aliphatic carboxylic acids is 1. The Morgan fingerprint density at radius 3 is 2.03 bits per heavy atom. The molecule has 5 heteroatoms. The predicted molar refractivity (Wildman–Crippen MR) is 129 cm³/mol. The number of carbonyl (C=O) groups is 1. The summed E-state index contributed by atoms with van der Waals surface area (Å²) in [7, 11) is 0. The molecule has 0 radical (unpaired) electrons. The van der Waals surface area contributed by atoms with Crippen LogP contribution in [-0.4, -0.2) is 35.9 Å². The van der Waals surface area contributed by atoms with Crippen LogP contribution in [0, 0.1) is 0 Å². The van der Waals surface area contributed by atoms with Gasteiger partial charge in [-0.15, -0.1) is 0 Å². The average Bonchev–Trinajstić information content (AvgIpc) is 3.11. The number of amidine groups is 1. The van der Waals surface area contributed by atoms with Gasteiger partial charge in [0.05, 0.1) is 12.2 Å². The number of carboxylic acids is 1. The van der Waals surface area contributed by atoms with Crippen LogP contribution in [0.15, 0.2) is 29.5 Å². The highest BCUT2D eigenvalue weighted by Gasteiger charge is 2.34. The van der Waals surface area contributed by atoms with Crippen molar-refractivity contribution in [3.63, 3.8) is 0 Å². The lowest BCUT2D eigenvalue weighted by molar-refractivity contribution is -0.780. The molecule has 0 aromatic heterocycles. The molecule has 5 nitrogen and oxygen atoms in total. The first-order valence-electron chi connectivity index (χ1n) is 12.8. The SMILES string of the molecule is CCCCC/C=C/CCCCCCCCCCCCC1=NC=C[N+]1(CCN)CC(=O)[O-]. The Hall–Kier alpha value is -1.46. The largest absolute Gasteiger partial charge is 0.544 e. The quantitative estimate of drug-likeness (QED) is 0.153. The number of allylic oxidation sites excluding steroid dienone is 2. The molecule has 1 aliphatic heterocycles. The third-order valence-corrected chi connectivity index (χ3v) is 6.19. The molecule has 1 rings (SSSR count). The fraction of sp³-hybridized carbons (Fsp3) is 0.769. The number of unbranched alkanes of at least 4 members (excludes halogenated alkanes) is 13. The van der Waals surface area contributed by atoms with Gasteiger partial charge in [-0.3, -0.25) is 0 Å². The minimum absolute atomic E-state index is 0.0677. The van der Waals surface area contributed by atoms with Crippen molar-refractivity contribution < 1.29 is 14.4 Å². The van der Waals surface area contributed by atoms with E-state index in [1.165, 1.54) is 89.9 Å². The van der Waals surface area contributed by atoms with Gasteiger partial charge in [-0.05, 0) is 32.1 Å². The van der Waals surface area contributed by atoms with Gasteiger partial charge in [0.25, 0.3) is 0 Å². The van der Waals surface area contributed by atoms with Gasteiger partial charge in [0.2, 0.25) is 5.84 Å². The number of quaternary nitrogens is 1. The second-order valence-corrected chi connectivity index (χ2v) is 8.96. The predicted octanol–water partition coefficient (Wildman–Crippen LogP) is 5.21. The van der Waals surface area contributed by atoms with E-state index in [0.717, 1.165) is 18.7 Å². The van der Waals surface area contributed by atoms with Crippen molar-refractivity contribution in [2.75, 3.05) is 19.6 Å². The molecule has 0 saturated heterocycles. The number of carboxylic acid groups (broad SMARTS) is 1. The van der Waals surface area contributed by atoms with Gasteiger partial charge in [-0.1, -0.05) is 83.3 Å². The smallest absolute Gasteiger partial charge is 0.207 e. The molecule has 2 N–H and O–H groups in total. The van der Waals surface area contributed by atoms with Gasteiger partial charge in [-0.2, -0.15) is 0 Å². The van der Waals surface area contributed by atoms with E-state index in [4.69, 9.17) is 5.73 Å². The Balaban J connectivity index is 1.96. The molecule has 0 aliphatic carbocycles. The lowest BCUT2D eigenvalue weighted by Gasteiger charge is -2.32. The summed E-state index contributed by atoms with van der Waals surface area (Å²) in [4.78, 5) is 15.6. The maximum atomic E-state index is 11.2. The molecule has 0 spiro atoms. The van der Waals surface area contributed by atoms with E-state index in [-0.39, 0.29) is 11.0 Å². The molecule has 31 heavy (non-hydrogen) atoms. The summed E-state index contributed by atoms with van der Waals surface area (Å²) in [5.74, 6) is -0.128. The van der Waals surface area contributed by atoms with Crippen LogP contribution < -0.4 is 10.8 Å². The van der Waals surface area contributed by atoms with Crippen molar-refractivity contribution in [2.24, 2.45) is 10.7 Å². The second-order valence-electron chi connectivity index (χ2n) is 8.96. The number of aliphatic imine (C=N–C) groups is 1. The molecule has 0 aromatic rings. The van der Waals surface area contributed by atoms with E-state index in [2.05, 4.69) is 24.1 Å². The van der Waals surface area contributed by atoms with Gasteiger partial charge in [-0.25, -0.2) is 9.48 Å². The Bertz CT molecular complexity index is 557. The Labute approximate surface area is 191 Å². The standard InChI is InChI=1S/C26H47N3O2/c1-2-3-4-5-6-7-8-9-10-11-12-13-14-15-16-17-18-19-25-28-21-23-29(25,22-20-27)24-26(30)31/h6-7,21,23H,2-5,8-20,22,24,27H2,1H3/b7-6+. The number of rotatable bonds is 21. The molecule has 0 amide bonds. The van der Waals surface area contributed by atoms with Crippen LogP contribution in [0.3, 0.4) is 0 Å². The van der Waals surface area contributed by atoms with Crippen molar-refractivity contribution >= 4 is 11.8 Å². The van der Waals surface area contributed by atoms with Crippen LogP contribution in [0.4, 0.5) is 0 Å². The number of nitrogens with two attached hydrogens (primary N) is 1. The molecule has 0 fully saturated rings. The third kappa shape index (κ3) is 12.9. The lowest BCUT2D eigenvalue weighted by Crippen LogP contribution is -2.55. The topological polar surface area (TPSA) is 78.5 Å². The lowest BCUT2D eigenvalue weighted by atomic mass is 10.0. The number of hydrogen-bond acceptors (Lipinski definition) is 4. The fourth-order valence-electron chi connectivity index (χ4n) is 4.33. The summed E-state index contributed by atoms with van der Waals surface area (Å²) >= 11 is 0. The maximum Gasteiger partial charge on any atom is 0.207 e. The monoisotopic (exact) mass is 433 g/mol. The zero-order valence-electron chi connectivity index (χ0n) is 20.0. The van der Waals surface area contributed by atoms with Crippen molar-refractivity contribution in [3.8, 4) is 0 Å². The van der Waals surface area contributed by atoms with Crippen LogP contribution in [0.5, 0.6) is 0 Å². The summed E-state index contributed by atoms with van der Waals surface area (Å²) in [6.45, 7) is 3.19. The van der Waals surface area contributed by atoms with E-state index in [0.29, 0.717) is 13.1 Å². The van der Waals surface area contributed by atoms with E-state index < -0.39 is 5.97 Å². The molecule has 0 saturated carbocycles. The van der Waals surface area contributed by atoms with Crippen molar-refractivity contribution in [3.05, 3.63) is 24.6 Å². The zero-order chi connectivity index (χ0) is 22.6. The first kappa shape index (κ1) is 27.6. The van der Waals surface area contributed by atoms with Crippen LogP contribution in [0.2, 0.25) is 0 Å². The van der Waals surface area contributed by atoms with Gasteiger partial charge >= 0.3 is 0 Å². The third-order valence-electron chi connectivity index (χ3n) is 6.19. The minimum Gasteiger partial charge on any atom is -0.544 e. The highest BCUT2D eigenvalue weighted by Crippen LogP contribution is 2.21. The summed E-state index contributed by atoms with van der Waals surface area (Å²) in [6.07, 6.45) is 28.6.